The Hall–Kier alpha value is -2.54. The number of nitrogens with one attached hydrogen (secondary N) is 1. The number of carbonyl (C=O) groups excluding carboxylic acids is 1. The molecule has 0 aliphatic rings. The zero-order valence-corrected chi connectivity index (χ0v) is 13.5. The Morgan fingerprint density at radius 1 is 1.29 bits per heavy atom. The summed E-state index contributed by atoms with van der Waals surface area (Å²) in [5.74, 6) is -0.806. The molecule has 0 aliphatic carbocycles. The predicted molar refractivity (Wildman–Crippen MR) is 89.6 cm³/mol. The molecule has 1 amide bonds. The lowest BCUT2D eigenvalue weighted by Gasteiger charge is -2.16. The van der Waals surface area contributed by atoms with Gasteiger partial charge in [-0.3, -0.25) is 9.59 Å². The van der Waals surface area contributed by atoms with Crippen molar-refractivity contribution in [2.24, 2.45) is 5.73 Å². The first-order valence-corrected chi connectivity index (χ1v) is 7.92. The zero-order valence-electron chi connectivity index (χ0n) is 13.5. The molecule has 0 bridgehead atoms. The molecule has 0 aliphatic heterocycles. The SMILES string of the molecule is CCCCC(CN)NC(=O)c1ccc(=O)n(-c2ccc(F)cc2)n1. The predicted octanol–water partition coefficient (Wildman–Crippen LogP) is 1.62. The van der Waals surface area contributed by atoms with E-state index in [9.17, 15) is 14.0 Å². The van der Waals surface area contributed by atoms with E-state index in [1.807, 2.05) is 0 Å². The summed E-state index contributed by atoms with van der Waals surface area (Å²) < 4.78 is 14.1. The van der Waals surface area contributed by atoms with Crippen molar-refractivity contribution in [3.63, 3.8) is 0 Å². The van der Waals surface area contributed by atoms with Crippen LogP contribution in [0.4, 0.5) is 4.39 Å². The zero-order chi connectivity index (χ0) is 17.5. The Morgan fingerprint density at radius 3 is 2.62 bits per heavy atom. The molecule has 7 heteroatoms. The van der Waals surface area contributed by atoms with E-state index in [1.165, 1.54) is 36.4 Å². The molecule has 0 saturated carbocycles. The van der Waals surface area contributed by atoms with Crippen molar-refractivity contribution in [1.82, 2.24) is 15.1 Å². The van der Waals surface area contributed by atoms with Gasteiger partial charge in [-0.05, 0) is 36.8 Å². The van der Waals surface area contributed by atoms with E-state index >= 15 is 0 Å². The topological polar surface area (TPSA) is 90.0 Å². The Labute approximate surface area is 139 Å². The summed E-state index contributed by atoms with van der Waals surface area (Å²) in [6.07, 6.45) is 2.76. The molecule has 0 radical (unpaired) electrons. The van der Waals surface area contributed by atoms with Crippen LogP contribution in [-0.4, -0.2) is 28.3 Å². The fourth-order valence-electron chi connectivity index (χ4n) is 2.26. The third-order valence-electron chi connectivity index (χ3n) is 3.63. The van der Waals surface area contributed by atoms with Crippen molar-refractivity contribution in [3.05, 3.63) is 58.3 Å². The minimum Gasteiger partial charge on any atom is -0.347 e. The summed E-state index contributed by atoms with van der Waals surface area (Å²) >= 11 is 0. The maximum Gasteiger partial charge on any atom is 0.272 e. The standard InChI is InChI=1S/C17H21FN4O2/c1-2-3-4-13(11-19)20-17(24)15-9-10-16(23)22(21-15)14-7-5-12(18)6-8-14/h5-10,13H,2-4,11,19H2,1H3,(H,20,24). The summed E-state index contributed by atoms with van der Waals surface area (Å²) in [6.45, 7) is 2.40. The van der Waals surface area contributed by atoms with Crippen LogP contribution >= 0.6 is 0 Å². The number of nitrogens with two attached hydrogens (primary N) is 1. The van der Waals surface area contributed by atoms with Crippen LogP contribution in [0.25, 0.3) is 5.69 Å². The highest BCUT2D eigenvalue weighted by Gasteiger charge is 2.15. The summed E-state index contributed by atoms with van der Waals surface area (Å²) in [7, 11) is 0. The van der Waals surface area contributed by atoms with Crippen molar-refractivity contribution >= 4 is 5.91 Å². The Morgan fingerprint density at radius 2 is 2.00 bits per heavy atom. The first kappa shape index (κ1) is 17.8. The number of carbonyl (C=O) groups is 1. The number of nitrogens with zero attached hydrogens (tertiary/aromatic N) is 2. The molecular weight excluding hydrogens is 311 g/mol. The smallest absolute Gasteiger partial charge is 0.272 e. The monoisotopic (exact) mass is 332 g/mol. The first-order chi connectivity index (χ1) is 11.5. The van der Waals surface area contributed by atoms with Crippen LogP contribution in [0.5, 0.6) is 0 Å². The Balaban J connectivity index is 2.22. The fraction of sp³-hybridized carbons (Fsp3) is 0.353. The lowest BCUT2D eigenvalue weighted by Crippen LogP contribution is -2.41. The molecule has 2 rings (SSSR count). The lowest BCUT2D eigenvalue weighted by atomic mass is 10.1. The second-order valence-electron chi connectivity index (χ2n) is 5.49. The van der Waals surface area contributed by atoms with E-state index in [1.54, 1.807) is 0 Å². The summed E-state index contributed by atoms with van der Waals surface area (Å²) in [5.41, 5.74) is 5.76. The van der Waals surface area contributed by atoms with E-state index < -0.39 is 17.3 Å². The summed E-state index contributed by atoms with van der Waals surface area (Å²) in [6, 6.07) is 7.80. The largest absolute Gasteiger partial charge is 0.347 e. The van der Waals surface area contributed by atoms with Crippen LogP contribution < -0.4 is 16.6 Å². The second kappa shape index (κ2) is 8.35. The van der Waals surface area contributed by atoms with Gasteiger partial charge in [0.15, 0.2) is 0 Å². The molecule has 24 heavy (non-hydrogen) atoms. The normalized spacial score (nSPS) is 12.0. The van der Waals surface area contributed by atoms with Gasteiger partial charge in [-0.15, -0.1) is 0 Å². The third kappa shape index (κ3) is 4.48. The van der Waals surface area contributed by atoms with Gasteiger partial charge in [0, 0.05) is 18.7 Å². The van der Waals surface area contributed by atoms with Crippen LogP contribution in [-0.2, 0) is 0 Å². The van der Waals surface area contributed by atoms with E-state index in [4.69, 9.17) is 5.73 Å². The molecule has 1 atom stereocenters. The van der Waals surface area contributed by atoms with Crippen molar-refractivity contribution < 1.29 is 9.18 Å². The highest BCUT2D eigenvalue weighted by Crippen LogP contribution is 2.06. The van der Waals surface area contributed by atoms with Crippen LogP contribution in [0.15, 0.2) is 41.2 Å². The van der Waals surface area contributed by atoms with Gasteiger partial charge in [0.25, 0.3) is 11.5 Å². The van der Waals surface area contributed by atoms with Crippen molar-refractivity contribution in [2.45, 2.75) is 32.2 Å². The maximum absolute atomic E-state index is 13.0. The molecule has 1 unspecified atom stereocenters. The molecule has 6 nitrogen and oxygen atoms in total. The van der Waals surface area contributed by atoms with Gasteiger partial charge in [-0.1, -0.05) is 19.8 Å². The van der Waals surface area contributed by atoms with Crippen LogP contribution in [0.2, 0.25) is 0 Å². The first-order valence-electron chi connectivity index (χ1n) is 7.92. The van der Waals surface area contributed by atoms with E-state index in [-0.39, 0.29) is 11.7 Å². The molecular formula is C17H21FN4O2. The molecule has 2 aromatic rings. The number of hydrogen-bond acceptors (Lipinski definition) is 4. The van der Waals surface area contributed by atoms with Gasteiger partial charge in [0.2, 0.25) is 0 Å². The second-order valence-corrected chi connectivity index (χ2v) is 5.49. The number of benzene rings is 1. The van der Waals surface area contributed by atoms with Gasteiger partial charge in [0.05, 0.1) is 5.69 Å². The highest BCUT2D eigenvalue weighted by molar-refractivity contribution is 5.92. The average molecular weight is 332 g/mol. The van der Waals surface area contributed by atoms with Crippen LogP contribution in [0.1, 0.15) is 36.7 Å². The fourth-order valence-corrected chi connectivity index (χ4v) is 2.26. The quantitative estimate of drug-likeness (QED) is 0.806. The molecule has 128 valence electrons. The number of halogens is 1. The molecule has 1 aromatic heterocycles. The van der Waals surface area contributed by atoms with Gasteiger partial charge in [-0.2, -0.15) is 9.78 Å². The van der Waals surface area contributed by atoms with Crippen molar-refractivity contribution in [1.29, 1.82) is 0 Å². The van der Waals surface area contributed by atoms with Crippen LogP contribution in [0, 0.1) is 5.82 Å². The number of hydrogen-bond donors (Lipinski definition) is 2. The Kier molecular flexibility index (Phi) is 6.20. The maximum atomic E-state index is 13.0. The van der Waals surface area contributed by atoms with E-state index in [2.05, 4.69) is 17.3 Å². The molecule has 0 fully saturated rings. The molecule has 3 N–H and O–H groups in total. The highest BCUT2D eigenvalue weighted by atomic mass is 19.1. The minimum absolute atomic E-state index is 0.105. The number of amides is 1. The van der Waals surface area contributed by atoms with E-state index in [0.29, 0.717) is 12.2 Å². The molecule has 1 aromatic carbocycles. The lowest BCUT2D eigenvalue weighted by molar-refractivity contribution is 0.0929. The number of unbranched alkanes of at least 4 members (excludes halogenated alkanes) is 1. The van der Waals surface area contributed by atoms with E-state index in [0.717, 1.165) is 23.9 Å². The van der Waals surface area contributed by atoms with Gasteiger partial charge < -0.3 is 11.1 Å². The number of rotatable bonds is 7. The average Bonchev–Trinajstić information content (AvgIpc) is 2.59. The van der Waals surface area contributed by atoms with Crippen LogP contribution in [0.3, 0.4) is 0 Å². The van der Waals surface area contributed by atoms with Crippen molar-refractivity contribution in [2.75, 3.05) is 6.54 Å². The summed E-state index contributed by atoms with van der Waals surface area (Å²) in [4.78, 5) is 24.3. The van der Waals surface area contributed by atoms with Gasteiger partial charge >= 0.3 is 0 Å². The minimum atomic E-state index is -0.414. The number of aromatic nitrogens is 2. The molecule has 1 heterocycles. The van der Waals surface area contributed by atoms with Crippen molar-refractivity contribution in [3.8, 4) is 5.69 Å². The molecule has 0 saturated heterocycles. The molecule has 0 spiro atoms. The Bertz CT molecular complexity index is 743. The third-order valence-corrected chi connectivity index (χ3v) is 3.63. The van der Waals surface area contributed by atoms with Gasteiger partial charge in [0.1, 0.15) is 11.5 Å². The summed E-state index contributed by atoms with van der Waals surface area (Å²) in [5, 5.41) is 6.89. The van der Waals surface area contributed by atoms with Gasteiger partial charge in [-0.25, -0.2) is 4.39 Å².